The minimum atomic E-state index is -0.281. The van der Waals surface area contributed by atoms with E-state index >= 15 is 0 Å². The Hall–Kier alpha value is -0.0800. The van der Waals surface area contributed by atoms with Gasteiger partial charge in [-0.3, -0.25) is 0 Å². The summed E-state index contributed by atoms with van der Waals surface area (Å²) in [6.45, 7) is 4.93. The van der Waals surface area contributed by atoms with Crippen LogP contribution in [-0.2, 0) is 4.74 Å². The van der Waals surface area contributed by atoms with Gasteiger partial charge in [0.2, 0.25) is 0 Å². The predicted octanol–water partition coefficient (Wildman–Crippen LogP) is 3.52. The molecule has 16 heavy (non-hydrogen) atoms. The van der Waals surface area contributed by atoms with Crippen molar-refractivity contribution in [2.75, 3.05) is 6.61 Å². The Morgan fingerprint density at radius 1 is 1.12 bits per heavy atom. The molecule has 1 rings (SSSR count). The van der Waals surface area contributed by atoms with Crippen molar-refractivity contribution in [1.29, 1.82) is 0 Å². The molecule has 2 nitrogen and oxygen atoms in total. The second-order valence-corrected chi connectivity index (χ2v) is 5.09. The van der Waals surface area contributed by atoms with Crippen molar-refractivity contribution in [3.05, 3.63) is 0 Å². The molecule has 1 fully saturated rings. The fourth-order valence-corrected chi connectivity index (χ4v) is 2.63. The summed E-state index contributed by atoms with van der Waals surface area (Å²) in [5.74, 6) is 0.880. The first-order valence-corrected chi connectivity index (χ1v) is 7.07. The average molecular weight is 228 g/mol. The van der Waals surface area contributed by atoms with Gasteiger partial charge in [0.05, 0.1) is 12.2 Å². The number of aliphatic hydroxyl groups excluding tert-OH is 1. The van der Waals surface area contributed by atoms with E-state index in [1.807, 2.05) is 6.92 Å². The molecule has 1 saturated carbocycles. The van der Waals surface area contributed by atoms with Crippen LogP contribution in [0.1, 0.15) is 65.2 Å². The highest BCUT2D eigenvalue weighted by Crippen LogP contribution is 2.26. The minimum Gasteiger partial charge on any atom is -0.390 e. The van der Waals surface area contributed by atoms with E-state index in [-0.39, 0.29) is 12.2 Å². The minimum absolute atomic E-state index is 0.0496. The number of aliphatic hydroxyl groups is 1. The van der Waals surface area contributed by atoms with Crippen molar-refractivity contribution in [1.82, 2.24) is 0 Å². The second-order valence-electron chi connectivity index (χ2n) is 5.09. The molecule has 1 aliphatic carbocycles. The number of rotatable bonds is 7. The van der Waals surface area contributed by atoms with Gasteiger partial charge >= 0.3 is 0 Å². The first-order valence-electron chi connectivity index (χ1n) is 7.07. The molecule has 0 spiro atoms. The molecule has 0 saturated heterocycles. The summed E-state index contributed by atoms with van der Waals surface area (Å²) in [7, 11) is 0. The van der Waals surface area contributed by atoms with Crippen LogP contribution in [-0.4, -0.2) is 23.9 Å². The Morgan fingerprint density at radius 3 is 2.38 bits per heavy atom. The van der Waals surface area contributed by atoms with E-state index in [0.717, 1.165) is 25.4 Å². The maximum atomic E-state index is 9.73. The van der Waals surface area contributed by atoms with E-state index in [2.05, 4.69) is 6.92 Å². The summed E-state index contributed by atoms with van der Waals surface area (Å²) < 4.78 is 5.80. The molecule has 0 aliphatic heterocycles. The molecule has 96 valence electrons. The van der Waals surface area contributed by atoms with Gasteiger partial charge in [-0.25, -0.2) is 0 Å². The second kappa shape index (κ2) is 8.08. The summed E-state index contributed by atoms with van der Waals surface area (Å²) in [4.78, 5) is 0. The van der Waals surface area contributed by atoms with Crippen LogP contribution in [0.5, 0.6) is 0 Å². The fraction of sp³-hybridized carbons (Fsp3) is 1.00. The lowest BCUT2D eigenvalue weighted by Crippen LogP contribution is -2.28. The molecular weight excluding hydrogens is 200 g/mol. The van der Waals surface area contributed by atoms with Gasteiger partial charge in [0.1, 0.15) is 0 Å². The highest BCUT2D eigenvalue weighted by molar-refractivity contribution is 4.68. The number of ether oxygens (including phenoxy) is 1. The zero-order chi connectivity index (χ0) is 11.8. The smallest absolute Gasteiger partial charge is 0.0831 e. The molecule has 1 aliphatic rings. The van der Waals surface area contributed by atoms with Crippen molar-refractivity contribution >= 4 is 0 Å². The highest BCUT2D eigenvalue weighted by Gasteiger charge is 2.17. The fourth-order valence-electron chi connectivity index (χ4n) is 2.63. The van der Waals surface area contributed by atoms with Gasteiger partial charge in [-0.15, -0.1) is 0 Å². The molecule has 0 heterocycles. The van der Waals surface area contributed by atoms with E-state index < -0.39 is 0 Å². The molecule has 1 N–H and O–H groups in total. The van der Waals surface area contributed by atoms with E-state index in [4.69, 9.17) is 4.74 Å². The van der Waals surface area contributed by atoms with Gasteiger partial charge in [0, 0.05) is 6.61 Å². The molecule has 2 heteroatoms. The molecule has 0 amide bonds. The molecule has 0 aromatic rings. The zero-order valence-corrected chi connectivity index (χ0v) is 11.0. The van der Waals surface area contributed by atoms with Crippen LogP contribution in [0.2, 0.25) is 0 Å². The third-order valence-electron chi connectivity index (χ3n) is 3.83. The van der Waals surface area contributed by atoms with Gasteiger partial charge in [-0.1, -0.05) is 46.0 Å². The van der Waals surface area contributed by atoms with E-state index in [0.29, 0.717) is 0 Å². The van der Waals surface area contributed by atoms with Crippen molar-refractivity contribution < 1.29 is 9.84 Å². The number of hydrogen-bond donors (Lipinski definition) is 1. The first-order chi connectivity index (χ1) is 7.77. The lowest BCUT2D eigenvalue weighted by atomic mass is 9.87. The maximum absolute atomic E-state index is 9.73. The SMILES string of the molecule is CCC(O)C(CC)OCCC1CCCCC1. The Balaban J connectivity index is 2.12. The van der Waals surface area contributed by atoms with Crippen molar-refractivity contribution in [2.45, 2.75) is 77.4 Å². The molecule has 2 unspecified atom stereocenters. The predicted molar refractivity (Wildman–Crippen MR) is 67.5 cm³/mol. The summed E-state index contributed by atoms with van der Waals surface area (Å²) in [6.07, 6.45) is 9.66. The monoisotopic (exact) mass is 228 g/mol. The standard InChI is InChI=1S/C14H28O2/c1-3-13(15)14(4-2)16-11-10-12-8-6-5-7-9-12/h12-15H,3-11H2,1-2H3. The first kappa shape index (κ1) is 14.0. The van der Waals surface area contributed by atoms with Crippen molar-refractivity contribution in [3.8, 4) is 0 Å². The van der Waals surface area contributed by atoms with Crippen LogP contribution in [0.4, 0.5) is 0 Å². The Morgan fingerprint density at radius 2 is 1.81 bits per heavy atom. The normalized spacial score (nSPS) is 21.9. The van der Waals surface area contributed by atoms with Crippen LogP contribution >= 0.6 is 0 Å². The summed E-state index contributed by atoms with van der Waals surface area (Å²) in [6, 6.07) is 0. The maximum Gasteiger partial charge on any atom is 0.0831 e. The number of hydrogen-bond acceptors (Lipinski definition) is 2. The third-order valence-corrected chi connectivity index (χ3v) is 3.83. The Bertz CT molecular complexity index is 164. The molecule has 2 atom stereocenters. The van der Waals surface area contributed by atoms with E-state index in [1.165, 1.54) is 38.5 Å². The van der Waals surface area contributed by atoms with Gasteiger partial charge < -0.3 is 9.84 Å². The quantitative estimate of drug-likeness (QED) is 0.722. The molecule has 0 aromatic heterocycles. The van der Waals surface area contributed by atoms with Crippen LogP contribution in [0.3, 0.4) is 0 Å². The lowest BCUT2D eigenvalue weighted by Gasteiger charge is -2.24. The highest BCUT2D eigenvalue weighted by atomic mass is 16.5. The van der Waals surface area contributed by atoms with Crippen LogP contribution in [0, 0.1) is 5.92 Å². The molecule has 0 bridgehead atoms. The summed E-state index contributed by atoms with van der Waals surface area (Å²) >= 11 is 0. The third kappa shape index (κ3) is 4.84. The van der Waals surface area contributed by atoms with Gasteiger partial charge in [0.15, 0.2) is 0 Å². The van der Waals surface area contributed by atoms with Crippen LogP contribution in [0.15, 0.2) is 0 Å². The van der Waals surface area contributed by atoms with Gasteiger partial charge in [0.25, 0.3) is 0 Å². The van der Waals surface area contributed by atoms with Gasteiger partial charge in [-0.2, -0.15) is 0 Å². The Labute approximate surface area is 100 Å². The van der Waals surface area contributed by atoms with Crippen LogP contribution < -0.4 is 0 Å². The Kier molecular flexibility index (Phi) is 7.06. The molecule has 0 aromatic carbocycles. The van der Waals surface area contributed by atoms with Crippen LogP contribution in [0.25, 0.3) is 0 Å². The van der Waals surface area contributed by atoms with Crippen molar-refractivity contribution in [3.63, 3.8) is 0 Å². The van der Waals surface area contributed by atoms with Crippen molar-refractivity contribution in [2.24, 2.45) is 5.92 Å². The largest absolute Gasteiger partial charge is 0.390 e. The van der Waals surface area contributed by atoms with E-state index in [1.54, 1.807) is 0 Å². The lowest BCUT2D eigenvalue weighted by molar-refractivity contribution is -0.0446. The summed E-state index contributed by atoms with van der Waals surface area (Å²) in [5.41, 5.74) is 0. The molecular formula is C14H28O2. The van der Waals surface area contributed by atoms with E-state index in [9.17, 15) is 5.11 Å². The van der Waals surface area contributed by atoms with Gasteiger partial charge in [-0.05, 0) is 25.2 Å². The zero-order valence-electron chi connectivity index (χ0n) is 11.0. The average Bonchev–Trinajstić information content (AvgIpc) is 2.35. The topological polar surface area (TPSA) is 29.5 Å². The molecule has 0 radical (unpaired) electrons. The summed E-state index contributed by atoms with van der Waals surface area (Å²) in [5, 5.41) is 9.73.